The number of ether oxygens (including phenoxy) is 1. The zero-order valence-electron chi connectivity index (χ0n) is 10.9. The molecule has 1 aromatic heterocycles. The number of methoxy groups -OCH3 is 1. The monoisotopic (exact) mass is 270 g/mol. The molecule has 1 unspecified atom stereocenters. The highest BCUT2D eigenvalue weighted by molar-refractivity contribution is 5.94. The van der Waals surface area contributed by atoms with Gasteiger partial charge < -0.3 is 9.64 Å². The first-order valence-electron chi connectivity index (χ1n) is 6.11. The van der Waals surface area contributed by atoms with Crippen LogP contribution in [0.5, 0.6) is 0 Å². The van der Waals surface area contributed by atoms with Crippen molar-refractivity contribution >= 4 is 5.91 Å². The summed E-state index contributed by atoms with van der Waals surface area (Å²) in [6.07, 6.45) is 2.69. The molecule has 104 valence electrons. The minimum atomic E-state index is -1.25. The number of amides is 1. The van der Waals surface area contributed by atoms with Gasteiger partial charge in [0, 0.05) is 26.4 Å². The Morgan fingerprint density at radius 3 is 2.95 bits per heavy atom. The van der Waals surface area contributed by atoms with Crippen molar-refractivity contribution in [2.75, 3.05) is 20.2 Å². The van der Waals surface area contributed by atoms with Crippen LogP contribution in [0.15, 0.2) is 12.3 Å². The highest BCUT2D eigenvalue weighted by Crippen LogP contribution is 2.25. The van der Waals surface area contributed by atoms with Crippen molar-refractivity contribution in [2.45, 2.75) is 25.4 Å². The Morgan fingerprint density at radius 2 is 2.26 bits per heavy atom. The van der Waals surface area contributed by atoms with E-state index >= 15 is 0 Å². The number of halogens is 2. The highest BCUT2D eigenvalue weighted by Gasteiger charge is 2.34. The van der Waals surface area contributed by atoms with Crippen LogP contribution in [0.4, 0.5) is 8.78 Å². The van der Waals surface area contributed by atoms with Crippen LogP contribution in [-0.2, 0) is 4.74 Å². The van der Waals surface area contributed by atoms with Crippen molar-refractivity contribution in [3.8, 4) is 0 Å². The summed E-state index contributed by atoms with van der Waals surface area (Å²) in [6, 6.07) is 1.19. The van der Waals surface area contributed by atoms with Gasteiger partial charge in [0.1, 0.15) is 0 Å². The Bertz CT molecular complexity index is 496. The molecule has 1 saturated heterocycles. The molecule has 1 aromatic rings. The first-order valence-corrected chi connectivity index (χ1v) is 6.11. The minimum Gasteiger partial charge on any atom is -0.377 e. The fourth-order valence-electron chi connectivity index (χ4n) is 2.30. The third-order valence-electron chi connectivity index (χ3n) is 3.52. The summed E-state index contributed by atoms with van der Waals surface area (Å²) in [5.74, 6) is -2.98. The molecular formula is C13H16F2N2O2. The van der Waals surface area contributed by atoms with E-state index in [9.17, 15) is 13.6 Å². The van der Waals surface area contributed by atoms with Gasteiger partial charge in [-0.1, -0.05) is 0 Å². The number of likely N-dealkylation sites (tertiary alicyclic amines) is 1. The van der Waals surface area contributed by atoms with Crippen LogP contribution in [0.1, 0.15) is 30.1 Å². The molecule has 0 aliphatic carbocycles. The van der Waals surface area contributed by atoms with E-state index in [4.69, 9.17) is 4.74 Å². The van der Waals surface area contributed by atoms with Gasteiger partial charge in [-0.25, -0.2) is 9.37 Å². The lowest BCUT2D eigenvalue weighted by Gasteiger charge is -2.39. The highest BCUT2D eigenvalue weighted by atomic mass is 19.2. The number of hydrogen-bond donors (Lipinski definition) is 0. The van der Waals surface area contributed by atoms with Gasteiger partial charge in [-0.2, -0.15) is 4.39 Å². The summed E-state index contributed by atoms with van der Waals surface area (Å²) in [4.78, 5) is 16.9. The third-order valence-corrected chi connectivity index (χ3v) is 3.52. The predicted octanol–water partition coefficient (Wildman–Crippen LogP) is 2.00. The predicted molar refractivity (Wildman–Crippen MR) is 64.7 cm³/mol. The summed E-state index contributed by atoms with van der Waals surface area (Å²) < 4.78 is 32.0. The quantitative estimate of drug-likeness (QED) is 0.772. The molecule has 19 heavy (non-hydrogen) atoms. The number of nitrogens with zero attached hydrogens (tertiary/aromatic N) is 2. The van der Waals surface area contributed by atoms with E-state index in [0.29, 0.717) is 13.1 Å². The lowest BCUT2D eigenvalue weighted by molar-refractivity contribution is -0.0441. The second-order valence-corrected chi connectivity index (χ2v) is 4.95. The van der Waals surface area contributed by atoms with Crippen LogP contribution >= 0.6 is 0 Å². The maximum absolute atomic E-state index is 13.6. The number of carbonyl (C=O) groups excluding carboxylic acids is 1. The molecule has 0 radical (unpaired) electrons. The maximum atomic E-state index is 13.6. The summed E-state index contributed by atoms with van der Waals surface area (Å²) in [5.41, 5.74) is -0.719. The third kappa shape index (κ3) is 2.73. The Balaban J connectivity index is 2.22. The van der Waals surface area contributed by atoms with E-state index in [1.54, 1.807) is 7.11 Å². The number of hydrogen-bond acceptors (Lipinski definition) is 3. The van der Waals surface area contributed by atoms with Crippen LogP contribution < -0.4 is 0 Å². The second-order valence-electron chi connectivity index (χ2n) is 4.95. The van der Waals surface area contributed by atoms with Crippen molar-refractivity contribution in [3.05, 3.63) is 29.6 Å². The van der Waals surface area contributed by atoms with E-state index in [0.717, 1.165) is 19.0 Å². The van der Waals surface area contributed by atoms with Gasteiger partial charge >= 0.3 is 0 Å². The Morgan fingerprint density at radius 1 is 1.53 bits per heavy atom. The van der Waals surface area contributed by atoms with Crippen LogP contribution in [0.2, 0.25) is 0 Å². The zero-order chi connectivity index (χ0) is 14.0. The van der Waals surface area contributed by atoms with E-state index in [1.165, 1.54) is 11.0 Å². The van der Waals surface area contributed by atoms with Crippen molar-refractivity contribution in [2.24, 2.45) is 0 Å². The molecule has 2 heterocycles. The Kier molecular flexibility index (Phi) is 3.80. The fourth-order valence-corrected chi connectivity index (χ4v) is 2.30. The van der Waals surface area contributed by atoms with Crippen molar-refractivity contribution in [1.29, 1.82) is 0 Å². The topological polar surface area (TPSA) is 42.4 Å². The lowest BCUT2D eigenvalue weighted by Crippen LogP contribution is -2.49. The van der Waals surface area contributed by atoms with Gasteiger partial charge in [-0.05, 0) is 25.8 Å². The molecule has 1 atom stereocenters. The van der Waals surface area contributed by atoms with Crippen molar-refractivity contribution in [1.82, 2.24) is 9.88 Å². The zero-order valence-corrected chi connectivity index (χ0v) is 10.9. The number of carbonyl (C=O) groups is 1. The number of piperidine rings is 1. The van der Waals surface area contributed by atoms with E-state index in [1.807, 2.05) is 6.92 Å². The standard InChI is InChI=1S/C13H16F2N2O2/c1-13(19-2)5-3-7-17(8-13)12(18)9-4-6-16-11(15)10(9)14/h4,6H,3,5,7-8H2,1-2H3. The number of aromatic nitrogens is 1. The van der Waals surface area contributed by atoms with Gasteiger partial charge in [0.2, 0.25) is 5.95 Å². The molecule has 6 heteroatoms. The van der Waals surface area contributed by atoms with Crippen molar-refractivity contribution in [3.63, 3.8) is 0 Å². The molecule has 0 spiro atoms. The number of pyridine rings is 1. The molecule has 0 bridgehead atoms. The molecule has 1 aliphatic rings. The summed E-state index contributed by atoms with van der Waals surface area (Å²) in [7, 11) is 1.58. The van der Waals surface area contributed by atoms with Gasteiger partial charge in [0.25, 0.3) is 5.91 Å². The fraction of sp³-hybridized carbons (Fsp3) is 0.538. The average Bonchev–Trinajstić information content (AvgIpc) is 2.41. The molecule has 4 nitrogen and oxygen atoms in total. The first kappa shape index (κ1) is 13.9. The van der Waals surface area contributed by atoms with Crippen LogP contribution in [0.3, 0.4) is 0 Å². The van der Waals surface area contributed by atoms with Crippen LogP contribution in [0, 0.1) is 11.8 Å². The Hall–Kier alpha value is -1.56. The molecule has 1 amide bonds. The average molecular weight is 270 g/mol. The normalized spacial score (nSPS) is 23.5. The van der Waals surface area contributed by atoms with E-state index in [2.05, 4.69) is 4.98 Å². The molecule has 0 N–H and O–H groups in total. The maximum Gasteiger partial charge on any atom is 0.257 e. The smallest absolute Gasteiger partial charge is 0.257 e. The van der Waals surface area contributed by atoms with E-state index in [-0.39, 0.29) is 5.56 Å². The van der Waals surface area contributed by atoms with Crippen LogP contribution in [-0.4, -0.2) is 41.6 Å². The molecular weight excluding hydrogens is 254 g/mol. The lowest BCUT2D eigenvalue weighted by atomic mass is 9.94. The van der Waals surface area contributed by atoms with Crippen molar-refractivity contribution < 1.29 is 18.3 Å². The molecule has 2 rings (SSSR count). The molecule has 0 aromatic carbocycles. The molecule has 1 aliphatic heterocycles. The summed E-state index contributed by atoms with van der Waals surface area (Å²) >= 11 is 0. The Labute approximate surface area is 110 Å². The van der Waals surface area contributed by atoms with E-state index < -0.39 is 23.3 Å². The first-order chi connectivity index (χ1) is 8.97. The SMILES string of the molecule is COC1(C)CCCN(C(=O)c2ccnc(F)c2F)C1. The largest absolute Gasteiger partial charge is 0.377 e. The minimum absolute atomic E-state index is 0.284. The molecule has 0 saturated carbocycles. The van der Waals surface area contributed by atoms with Crippen LogP contribution in [0.25, 0.3) is 0 Å². The summed E-state index contributed by atoms with van der Waals surface area (Å²) in [6.45, 7) is 2.78. The molecule has 1 fully saturated rings. The number of rotatable bonds is 2. The van der Waals surface area contributed by atoms with Gasteiger partial charge in [0.15, 0.2) is 5.82 Å². The van der Waals surface area contributed by atoms with Gasteiger partial charge in [-0.15, -0.1) is 0 Å². The second kappa shape index (κ2) is 5.21. The van der Waals surface area contributed by atoms with Gasteiger partial charge in [0.05, 0.1) is 11.2 Å². The summed E-state index contributed by atoms with van der Waals surface area (Å²) in [5, 5.41) is 0. The van der Waals surface area contributed by atoms with Gasteiger partial charge in [-0.3, -0.25) is 4.79 Å².